The Hall–Kier alpha value is -3.23. The van der Waals surface area contributed by atoms with Crippen LogP contribution in [0.1, 0.15) is 19.4 Å². The zero-order chi connectivity index (χ0) is 20.8. The Morgan fingerprint density at radius 1 is 1.14 bits per heavy atom. The number of benzene rings is 2. The van der Waals surface area contributed by atoms with Crippen LogP contribution in [0, 0.1) is 11.3 Å². The summed E-state index contributed by atoms with van der Waals surface area (Å²) in [5.74, 6) is 1.30. The van der Waals surface area contributed by atoms with Gasteiger partial charge in [-0.2, -0.15) is 5.26 Å². The molecule has 1 aromatic heterocycles. The largest absolute Gasteiger partial charge is 0.492 e. The molecule has 148 valence electrons. The summed E-state index contributed by atoms with van der Waals surface area (Å²) in [5, 5.41) is 10.0. The third kappa shape index (κ3) is 4.98. The summed E-state index contributed by atoms with van der Waals surface area (Å²) in [6.07, 6.45) is 1.66. The van der Waals surface area contributed by atoms with Gasteiger partial charge >= 0.3 is 0 Å². The Labute approximate surface area is 174 Å². The molecule has 3 aromatic rings. The Morgan fingerprint density at radius 3 is 2.55 bits per heavy atom. The fourth-order valence-corrected chi connectivity index (χ4v) is 3.12. The predicted octanol–water partition coefficient (Wildman–Crippen LogP) is 4.91. The second-order valence-corrected chi connectivity index (χ2v) is 7.10. The molecule has 1 heterocycles. The highest BCUT2D eigenvalue weighted by Crippen LogP contribution is 2.31. The highest BCUT2D eigenvalue weighted by molar-refractivity contribution is 6.32. The van der Waals surface area contributed by atoms with Gasteiger partial charge in [0.2, 0.25) is 0 Å². The third-order valence-electron chi connectivity index (χ3n) is 4.23. The summed E-state index contributed by atoms with van der Waals surface area (Å²) in [4.78, 5) is 12.8. The average molecular weight is 409 g/mol. The van der Waals surface area contributed by atoms with Gasteiger partial charge in [-0.25, -0.2) is 0 Å². The maximum Gasteiger partial charge on any atom is 0.269 e. The van der Waals surface area contributed by atoms with Gasteiger partial charge in [0.05, 0.1) is 17.7 Å². The summed E-state index contributed by atoms with van der Waals surface area (Å²) < 4.78 is 12.8. The van der Waals surface area contributed by atoms with Crippen molar-refractivity contribution in [1.82, 2.24) is 4.57 Å². The Bertz CT molecular complexity index is 1090. The lowest BCUT2D eigenvalue weighted by Gasteiger charge is -2.14. The molecule has 6 heteroatoms. The maximum absolute atomic E-state index is 12.8. The molecule has 5 nitrogen and oxygen atoms in total. The van der Waals surface area contributed by atoms with E-state index < -0.39 is 0 Å². The average Bonchev–Trinajstić information content (AvgIpc) is 2.71. The quantitative estimate of drug-likeness (QED) is 0.557. The molecule has 0 bridgehead atoms. The first-order valence-electron chi connectivity index (χ1n) is 9.27. The second kappa shape index (κ2) is 9.31. The lowest BCUT2D eigenvalue weighted by Crippen LogP contribution is -2.25. The van der Waals surface area contributed by atoms with Crippen molar-refractivity contribution >= 4 is 11.6 Å². The van der Waals surface area contributed by atoms with Gasteiger partial charge in [-0.15, -0.1) is 0 Å². The summed E-state index contributed by atoms with van der Waals surface area (Å²) in [7, 11) is 0. The SMILES string of the molecule is CC(C)Oc1ccc(-c2ccn(CCOc3ccccc3)c(=O)c2C#N)cc1Cl. The minimum atomic E-state index is -0.361. The predicted molar refractivity (Wildman–Crippen MR) is 114 cm³/mol. The van der Waals surface area contributed by atoms with Gasteiger partial charge in [0.1, 0.15) is 29.7 Å². The lowest BCUT2D eigenvalue weighted by atomic mass is 10.0. The van der Waals surface area contributed by atoms with E-state index in [1.165, 1.54) is 4.57 Å². The molecule has 0 amide bonds. The molecular weight excluding hydrogens is 388 g/mol. The van der Waals surface area contributed by atoms with E-state index in [2.05, 4.69) is 0 Å². The molecule has 0 spiro atoms. The number of halogens is 1. The summed E-state index contributed by atoms with van der Waals surface area (Å²) >= 11 is 6.31. The number of nitrogens with zero attached hydrogens (tertiary/aromatic N) is 2. The third-order valence-corrected chi connectivity index (χ3v) is 4.52. The van der Waals surface area contributed by atoms with Crippen LogP contribution in [0.5, 0.6) is 11.5 Å². The molecule has 0 N–H and O–H groups in total. The molecule has 0 radical (unpaired) electrons. The van der Waals surface area contributed by atoms with E-state index in [1.807, 2.05) is 50.2 Å². The first-order valence-corrected chi connectivity index (χ1v) is 9.65. The number of aromatic nitrogens is 1. The van der Waals surface area contributed by atoms with Crippen molar-refractivity contribution in [2.24, 2.45) is 0 Å². The van der Waals surface area contributed by atoms with E-state index >= 15 is 0 Å². The first kappa shape index (κ1) is 20.5. The van der Waals surface area contributed by atoms with Crippen LogP contribution in [0.15, 0.2) is 65.6 Å². The van der Waals surface area contributed by atoms with Gasteiger partial charge in [-0.1, -0.05) is 35.9 Å². The summed E-state index contributed by atoms with van der Waals surface area (Å²) in [5.41, 5.74) is 0.935. The van der Waals surface area contributed by atoms with E-state index in [9.17, 15) is 10.1 Å². The molecule has 29 heavy (non-hydrogen) atoms. The second-order valence-electron chi connectivity index (χ2n) is 6.69. The lowest BCUT2D eigenvalue weighted by molar-refractivity contribution is 0.242. The van der Waals surface area contributed by atoms with Crippen LogP contribution in [0.2, 0.25) is 5.02 Å². The van der Waals surface area contributed by atoms with E-state index in [1.54, 1.807) is 30.5 Å². The maximum atomic E-state index is 12.8. The first-order chi connectivity index (χ1) is 14.0. The van der Waals surface area contributed by atoms with Gasteiger partial charge in [0.25, 0.3) is 5.56 Å². The van der Waals surface area contributed by atoms with Crippen molar-refractivity contribution in [3.8, 4) is 28.7 Å². The fraction of sp³-hybridized carbons (Fsp3) is 0.217. The van der Waals surface area contributed by atoms with Gasteiger partial charge < -0.3 is 14.0 Å². The van der Waals surface area contributed by atoms with Crippen LogP contribution in [0.25, 0.3) is 11.1 Å². The van der Waals surface area contributed by atoms with Crippen molar-refractivity contribution in [2.45, 2.75) is 26.5 Å². The van der Waals surface area contributed by atoms with Crippen molar-refractivity contribution < 1.29 is 9.47 Å². The van der Waals surface area contributed by atoms with Crippen molar-refractivity contribution in [3.63, 3.8) is 0 Å². The Kier molecular flexibility index (Phi) is 6.58. The monoisotopic (exact) mass is 408 g/mol. The molecule has 0 saturated carbocycles. The van der Waals surface area contributed by atoms with Crippen molar-refractivity contribution in [2.75, 3.05) is 6.61 Å². The Morgan fingerprint density at radius 2 is 1.90 bits per heavy atom. The molecule has 0 fully saturated rings. The molecule has 2 aromatic carbocycles. The topological polar surface area (TPSA) is 64.2 Å². The van der Waals surface area contributed by atoms with Crippen molar-refractivity contribution in [3.05, 3.63) is 81.7 Å². The highest BCUT2D eigenvalue weighted by atomic mass is 35.5. The van der Waals surface area contributed by atoms with Gasteiger partial charge in [0, 0.05) is 11.8 Å². The van der Waals surface area contributed by atoms with Crippen LogP contribution >= 0.6 is 11.6 Å². The van der Waals surface area contributed by atoms with Crippen LogP contribution in [0.4, 0.5) is 0 Å². The number of hydrogen-bond donors (Lipinski definition) is 0. The molecule has 3 rings (SSSR count). The highest BCUT2D eigenvalue weighted by Gasteiger charge is 2.14. The van der Waals surface area contributed by atoms with E-state index in [0.717, 1.165) is 5.75 Å². The van der Waals surface area contributed by atoms with Crippen LogP contribution in [-0.4, -0.2) is 17.3 Å². The molecule has 0 unspecified atom stereocenters. The zero-order valence-electron chi connectivity index (χ0n) is 16.3. The molecule has 0 aliphatic carbocycles. The minimum absolute atomic E-state index is 0.00458. The van der Waals surface area contributed by atoms with Crippen LogP contribution in [0.3, 0.4) is 0 Å². The Balaban J connectivity index is 1.83. The minimum Gasteiger partial charge on any atom is -0.492 e. The molecular formula is C23H21ClN2O3. The normalized spacial score (nSPS) is 10.6. The van der Waals surface area contributed by atoms with E-state index in [-0.39, 0.29) is 17.2 Å². The van der Waals surface area contributed by atoms with Crippen LogP contribution in [-0.2, 0) is 6.54 Å². The molecule has 0 aliphatic rings. The number of pyridine rings is 1. The molecule has 0 saturated heterocycles. The standard InChI is InChI=1S/C23H21ClN2O3/c1-16(2)29-22-9-8-17(14-21(22)24)19-10-11-26(23(27)20(19)15-25)12-13-28-18-6-4-3-5-7-18/h3-11,14,16H,12-13H2,1-2H3. The van der Waals surface area contributed by atoms with Crippen LogP contribution < -0.4 is 15.0 Å². The number of hydrogen-bond acceptors (Lipinski definition) is 4. The van der Waals surface area contributed by atoms with Gasteiger partial charge in [-0.3, -0.25) is 4.79 Å². The summed E-state index contributed by atoms with van der Waals surface area (Å²) in [6.45, 7) is 4.49. The number of rotatable bonds is 7. The number of ether oxygens (including phenoxy) is 2. The smallest absolute Gasteiger partial charge is 0.269 e. The van der Waals surface area contributed by atoms with E-state index in [4.69, 9.17) is 21.1 Å². The van der Waals surface area contributed by atoms with Crippen molar-refractivity contribution in [1.29, 1.82) is 5.26 Å². The zero-order valence-corrected chi connectivity index (χ0v) is 17.0. The molecule has 0 aliphatic heterocycles. The number of para-hydroxylation sites is 1. The van der Waals surface area contributed by atoms with Gasteiger partial charge in [0.15, 0.2) is 0 Å². The summed E-state index contributed by atoms with van der Waals surface area (Å²) in [6, 6.07) is 18.4. The molecule has 0 atom stereocenters. The fourth-order valence-electron chi connectivity index (χ4n) is 2.90. The number of nitriles is 1. The van der Waals surface area contributed by atoms with E-state index in [0.29, 0.717) is 35.1 Å². The van der Waals surface area contributed by atoms with Gasteiger partial charge in [-0.05, 0) is 49.7 Å².